The van der Waals surface area contributed by atoms with Crippen molar-refractivity contribution in [2.75, 3.05) is 21.3 Å². The Labute approximate surface area is 153 Å². The Balaban J connectivity index is 2.21. The lowest BCUT2D eigenvalue weighted by Gasteiger charge is -2.36. The van der Waals surface area contributed by atoms with Crippen molar-refractivity contribution in [2.24, 2.45) is 11.8 Å². The molecule has 0 heterocycles. The molecule has 2 aromatic rings. The van der Waals surface area contributed by atoms with Crippen LogP contribution in [0.25, 0.3) is 0 Å². The van der Waals surface area contributed by atoms with Crippen LogP contribution in [0.5, 0.6) is 23.0 Å². The molecule has 1 N–H and O–H groups in total. The Bertz CT molecular complexity index is 843. The van der Waals surface area contributed by atoms with E-state index in [0.717, 1.165) is 11.1 Å². The fourth-order valence-electron chi connectivity index (χ4n) is 3.80. The van der Waals surface area contributed by atoms with Crippen LogP contribution in [0.1, 0.15) is 41.3 Å². The van der Waals surface area contributed by atoms with Gasteiger partial charge in [0.2, 0.25) is 0 Å². The second kappa shape index (κ2) is 6.90. The molecular weight excluding hydrogens is 332 g/mol. The average molecular weight is 356 g/mol. The molecule has 0 saturated heterocycles. The first-order valence-corrected chi connectivity index (χ1v) is 8.59. The first kappa shape index (κ1) is 18.1. The summed E-state index contributed by atoms with van der Waals surface area (Å²) in [5.41, 5.74) is 2.44. The summed E-state index contributed by atoms with van der Waals surface area (Å²) in [6.07, 6.45) is 0. The number of ether oxygens (including phenoxy) is 3. The van der Waals surface area contributed by atoms with Crippen molar-refractivity contribution in [2.45, 2.75) is 19.8 Å². The molecule has 0 radical (unpaired) electrons. The number of phenolic OH excluding ortho intramolecular Hbond substituents is 1. The van der Waals surface area contributed by atoms with Crippen LogP contribution in [0.4, 0.5) is 0 Å². The highest BCUT2D eigenvalue weighted by Gasteiger charge is 2.39. The van der Waals surface area contributed by atoms with Gasteiger partial charge in [-0.2, -0.15) is 0 Å². The normalized spacial score (nSPS) is 21.9. The van der Waals surface area contributed by atoms with Crippen molar-refractivity contribution in [1.82, 2.24) is 0 Å². The Morgan fingerprint density at radius 3 is 2.15 bits per heavy atom. The molecule has 0 saturated carbocycles. The molecular formula is C21H24O5. The minimum atomic E-state index is -0.159. The first-order valence-electron chi connectivity index (χ1n) is 8.59. The number of hydrogen-bond donors (Lipinski definition) is 1. The van der Waals surface area contributed by atoms with Gasteiger partial charge in [-0.25, -0.2) is 0 Å². The van der Waals surface area contributed by atoms with Gasteiger partial charge in [-0.3, -0.25) is 4.79 Å². The van der Waals surface area contributed by atoms with Crippen LogP contribution in [0.3, 0.4) is 0 Å². The predicted octanol–water partition coefficient (Wildman–Crippen LogP) is 4.02. The number of benzene rings is 2. The summed E-state index contributed by atoms with van der Waals surface area (Å²) in [5, 5.41) is 10.1. The van der Waals surface area contributed by atoms with Crippen molar-refractivity contribution >= 4 is 5.78 Å². The molecule has 1 aliphatic carbocycles. The Kier molecular flexibility index (Phi) is 4.81. The third-order valence-corrected chi connectivity index (χ3v) is 5.45. The Morgan fingerprint density at radius 1 is 0.885 bits per heavy atom. The van der Waals surface area contributed by atoms with Crippen molar-refractivity contribution < 1.29 is 24.1 Å². The highest BCUT2D eigenvalue weighted by molar-refractivity contribution is 6.01. The summed E-state index contributed by atoms with van der Waals surface area (Å²) < 4.78 is 16.0. The molecule has 2 aromatic carbocycles. The van der Waals surface area contributed by atoms with Crippen LogP contribution in [0.15, 0.2) is 30.3 Å². The van der Waals surface area contributed by atoms with Gasteiger partial charge >= 0.3 is 0 Å². The number of hydrogen-bond acceptors (Lipinski definition) is 5. The quantitative estimate of drug-likeness (QED) is 0.896. The number of aromatic hydroxyl groups is 1. The number of carbonyl (C=O) groups excluding carboxylic acids is 1. The molecule has 138 valence electrons. The largest absolute Gasteiger partial charge is 0.504 e. The molecule has 1 aliphatic rings. The van der Waals surface area contributed by atoms with E-state index in [0.29, 0.717) is 22.8 Å². The number of fused-ring (bicyclic) bond motifs is 1. The maximum atomic E-state index is 12.8. The Hall–Kier alpha value is -2.69. The lowest BCUT2D eigenvalue weighted by molar-refractivity contribution is 0.0865. The smallest absolute Gasteiger partial charge is 0.166 e. The van der Waals surface area contributed by atoms with E-state index in [-0.39, 0.29) is 29.3 Å². The summed E-state index contributed by atoms with van der Waals surface area (Å²) in [4.78, 5) is 12.8. The number of carbonyl (C=O) groups is 1. The summed E-state index contributed by atoms with van der Waals surface area (Å²) in [7, 11) is 4.71. The number of methoxy groups -OCH3 is 3. The van der Waals surface area contributed by atoms with E-state index < -0.39 is 0 Å². The van der Waals surface area contributed by atoms with E-state index in [4.69, 9.17) is 14.2 Å². The molecule has 0 aromatic heterocycles. The second-order valence-corrected chi connectivity index (χ2v) is 6.72. The topological polar surface area (TPSA) is 65.0 Å². The minimum Gasteiger partial charge on any atom is -0.504 e. The van der Waals surface area contributed by atoms with Gasteiger partial charge in [0, 0.05) is 17.4 Å². The van der Waals surface area contributed by atoms with Crippen molar-refractivity contribution in [3.8, 4) is 23.0 Å². The highest BCUT2D eigenvalue weighted by Crippen LogP contribution is 2.47. The SMILES string of the molecule is COc1cc2c(cc1O)C(=O)[C@H](C)[C@H](C)[C@H]2c1ccc(OC)c(OC)c1. The van der Waals surface area contributed by atoms with Crippen LogP contribution >= 0.6 is 0 Å². The monoisotopic (exact) mass is 356 g/mol. The average Bonchev–Trinajstić information content (AvgIpc) is 2.66. The lowest BCUT2D eigenvalue weighted by atomic mass is 9.67. The zero-order valence-corrected chi connectivity index (χ0v) is 15.7. The van der Waals surface area contributed by atoms with Gasteiger partial charge in [0.15, 0.2) is 28.8 Å². The van der Waals surface area contributed by atoms with Crippen LogP contribution in [0.2, 0.25) is 0 Å². The summed E-state index contributed by atoms with van der Waals surface area (Å²) in [6, 6.07) is 9.11. The van der Waals surface area contributed by atoms with Gasteiger partial charge in [0.1, 0.15) is 0 Å². The molecule has 5 heteroatoms. The zero-order chi connectivity index (χ0) is 19.0. The summed E-state index contributed by atoms with van der Waals surface area (Å²) in [6.45, 7) is 4.01. The van der Waals surface area contributed by atoms with E-state index in [1.807, 2.05) is 25.1 Å². The molecule has 5 nitrogen and oxygen atoms in total. The van der Waals surface area contributed by atoms with E-state index in [9.17, 15) is 9.90 Å². The molecule has 3 rings (SSSR count). The van der Waals surface area contributed by atoms with Gasteiger partial charge in [0.05, 0.1) is 21.3 Å². The molecule has 0 fully saturated rings. The molecule has 3 atom stereocenters. The fraction of sp³-hybridized carbons (Fsp3) is 0.381. The van der Waals surface area contributed by atoms with Gasteiger partial charge in [-0.1, -0.05) is 19.9 Å². The van der Waals surface area contributed by atoms with E-state index >= 15 is 0 Å². The fourth-order valence-corrected chi connectivity index (χ4v) is 3.80. The molecule has 0 spiro atoms. The summed E-state index contributed by atoms with van der Waals surface area (Å²) in [5.74, 6) is 1.60. The molecule has 26 heavy (non-hydrogen) atoms. The van der Waals surface area contributed by atoms with Gasteiger partial charge < -0.3 is 19.3 Å². The van der Waals surface area contributed by atoms with Crippen molar-refractivity contribution in [3.63, 3.8) is 0 Å². The molecule has 0 amide bonds. The third kappa shape index (κ3) is 2.77. The number of rotatable bonds is 4. The van der Waals surface area contributed by atoms with Gasteiger partial charge in [-0.05, 0) is 41.3 Å². The maximum absolute atomic E-state index is 12.8. The number of ketones is 1. The van der Waals surface area contributed by atoms with E-state index in [1.165, 1.54) is 13.2 Å². The second-order valence-electron chi connectivity index (χ2n) is 6.72. The van der Waals surface area contributed by atoms with Crippen LogP contribution in [-0.2, 0) is 0 Å². The van der Waals surface area contributed by atoms with E-state index in [1.54, 1.807) is 20.3 Å². The summed E-state index contributed by atoms with van der Waals surface area (Å²) >= 11 is 0. The van der Waals surface area contributed by atoms with Crippen LogP contribution in [0, 0.1) is 11.8 Å². The lowest BCUT2D eigenvalue weighted by Crippen LogP contribution is -2.32. The van der Waals surface area contributed by atoms with Gasteiger partial charge in [-0.15, -0.1) is 0 Å². The molecule has 0 unspecified atom stereocenters. The minimum absolute atomic E-state index is 0.0209. The standard InChI is InChI=1S/C21H24O5/c1-11-12(2)21(23)15-9-16(22)18(25-4)10-14(15)20(11)13-6-7-17(24-3)19(8-13)26-5/h6-12,20,22H,1-5H3/t11-,12+,20-/m0/s1. The Morgan fingerprint density at radius 2 is 1.54 bits per heavy atom. The van der Waals surface area contributed by atoms with E-state index in [2.05, 4.69) is 6.92 Å². The molecule has 0 aliphatic heterocycles. The maximum Gasteiger partial charge on any atom is 0.166 e. The van der Waals surface area contributed by atoms with Crippen molar-refractivity contribution in [3.05, 3.63) is 47.0 Å². The van der Waals surface area contributed by atoms with Crippen molar-refractivity contribution in [1.29, 1.82) is 0 Å². The van der Waals surface area contributed by atoms with Crippen LogP contribution in [-0.4, -0.2) is 32.2 Å². The predicted molar refractivity (Wildman–Crippen MR) is 98.7 cm³/mol. The highest BCUT2D eigenvalue weighted by atomic mass is 16.5. The zero-order valence-electron chi connectivity index (χ0n) is 15.7. The van der Waals surface area contributed by atoms with Crippen LogP contribution < -0.4 is 14.2 Å². The van der Waals surface area contributed by atoms with Gasteiger partial charge in [0.25, 0.3) is 0 Å². The number of Topliss-reactive ketones (excluding diaryl/α,β-unsaturated/α-hetero) is 1. The third-order valence-electron chi connectivity index (χ3n) is 5.45. The molecule has 0 bridgehead atoms. The first-order chi connectivity index (χ1) is 12.4. The number of phenols is 1.